The Balaban J connectivity index is 1.77. The van der Waals surface area contributed by atoms with E-state index in [-0.39, 0.29) is 11.5 Å². The first kappa shape index (κ1) is 13.9. The van der Waals surface area contributed by atoms with E-state index < -0.39 is 0 Å². The molecule has 0 fully saturated rings. The number of hydrogen-bond donors (Lipinski definition) is 1. The van der Waals surface area contributed by atoms with Gasteiger partial charge in [0.1, 0.15) is 5.75 Å². The molecule has 2 aliphatic heterocycles. The Morgan fingerprint density at radius 2 is 1.75 bits per heavy atom. The highest BCUT2D eigenvalue weighted by atomic mass is 16.5. The third-order valence-electron chi connectivity index (χ3n) is 5.92. The maximum absolute atomic E-state index is 6.21. The third kappa shape index (κ3) is 1.77. The van der Waals surface area contributed by atoms with Gasteiger partial charge in [-0.15, -0.1) is 0 Å². The zero-order valence-electron chi connectivity index (χ0n) is 14.0. The summed E-state index contributed by atoms with van der Waals surface area (Å²) in [4.78, 5) is 0. The molecule has 0 saturated carbocycles. The van der Waals surface area contributed by atoms with E-state index in [2.05, 4.69) is 79.8 Å². The summed E-state index contributed by atoms with van der Waals surface area (Å²) in [6.07, 6.45) is 0. The van der Waals surface area contributed by atoms with Crippen LogP contribution in [0, 0.1) is 5.92 Å². The lowest BCUT2D eigenvalue weighted by Gasteiger charge is -2.48. The third-order valence-corrected chi connectivity index (χ3v) is 5.92. The predicted octanol–water partition coefficient (Wildman–Crippen LogP) is 5.29. The fraction of sp³-hybridized carbons (Fsp3) is 0.273. The number of hydrogen-bond acceptors (Lipinski definition) is 2. The molecule has 0 unspecified atom stereocenters. The van der Waals surface area contributed by atoms with E-state index in [1.807, 2.05) is 0 Å². The summed E-state index contributed by atoms with van der Waals surface area (Å²) >= 11 is 0. The zero-order valence-corrected chi connectivity index (χ0v) is 14.0. The number of para-hydroxylation sites is 1. The topological polar surface area (TPSA) is 21.3 Å². The molecule has 5 rings (SSSR count). The molecule has 2 aliphatic rings. The number of fused-ring (bicyclic) bond motifs is 6. The van der Waals surface area contributed by atoms with Gasteiger partial charge >= 0.3 is 0 Å². The van der Waals surface area contributed by atoms with Gasteiger partial charge < -0.3 is 10.1 Å². The van der Waals surface area contributed by atoms with Gasteiger partial charge in [-0.3, -0.25) is 0 Å². The Kier molecular flexibility index (Phi) is 2.76. The molecule has 1 N–H and O–H groups in total. The van der Waals surface area contributed by atoms with Crippen molar-refractivity contribution < 1.29 is 4.74 Å². The first-order valence-corrected chi connectivity index (χ1v) is 8.67. The molecule has 0 spiro atoms. The fourth-order valence-electron chi connectivity index (χ4n) is 4.54. The Bertz CT molecular complexity index is 944. The Labute approximate surface area is 142 Å². The van der Waals surface area contributed by atoms with Crippen LogP contribution in [0.4, 0.5) is 5.69 Å². The lowest BCUT2D eigenvalue weighted by molar-refractivity contribution is 0.137. The van der Waals surface area contributed by atoms with Crippen molar-refractivity contribution in [2.45, 2.75) is 25.3 Å². The van der Waals surface area contributed by atoms with Crippen molar-refractivity contribution in [3.05, 3.63) is 71.8 Å². The number of anilines is 1. The highest BCUT2D eigenvalue weighted by molar-refractivity contribution is 5.89. The summed E-state index contributed by atoms with van der Waals surface area (Å²) in [6, 6.07) is 21.9. The highest BCUT2D eigenvalue weighted by Gasteiger charge is 2.46. The molecule has 3 aromatic rings. The molecule has 0 aromatic heterocycles. The van der Waals surface area contributed by atoms with Crippen LogP contribution in [0.1, 0.15) is 31.0 Å². The van der Waals surface area contributed by atoms with E-state index in [1.165, 1.54) is 27.6 Å². The van der Waals surface area contributed by atoms with Gasteiger partial charge in [0.15, 0.2) is 0 Å². The van der Waals surface area contributed by atoms with E-state index in [0.717, 1.165) is 12.4 Å². The molecule has 0 radical (unpaired) electrons. The van der Waals surface area contributed by atoms with E-state index >= 15 is 0 Å². The van der Waals surface area contributed by atoms with Crippen LogP contribution in [0.5, 0.6) is 5.75 Å². The minimum absolute atomic E-state index is 0.0706. The van der Waals surface area contributed by atoms with Crippen molar-refractivity contribution in [1.29, 1.82) is 0 Å². The second-order valence-electron chi connectivity index (χ2n) is 7.51. The predicted molar refractivity (Wildman–Crippen MR) is 98.8 cm³/mol. The minimum atomic E-state index is 0.0706. The van der Waals surface area contributed by atoms with Crippen LogP contribution in [0.2, 0.25) is 0 Å². The summed E-state index contributed by atoms with van der Waals surface area (Å²) in [5.41, 5.74) is 4.02. The summed E-state index contributed by atoms with van der Waals surface area (Å²) < 4.78 is 6.21. The van der Waals surface area contributed by atoms with Crippen LogP contribution in [-0.4, -0.2) is 6.61 Å². The maximum atomic E-state index is 6.21. The van der Waals surface area contributed by atoms with Gasteiger partial charge in [-0.25, -0.2) is 0 Å². The largest absolute Gasteiger partial charge is 0.493 e. The van der Waals surface area contributed by atoms with Crippen molar-refractivity contribution in [1.82, 2.24) is 0 Å². The van der Waals surface area contributed by atoms with Gasteiger partial charge in [0.05, 0.1) is 12.6 Å². The normalized spacial score (nSPS) is 23.4. The molecule has 3 aromatic carbocycles. The molecule has 0 amide bonds. The van der Waals surface area contributed by atoms with Crippen LogP contribution >= 0.6 is 0 Å². The second kappa shape index (κ2) is 4.76. The van der Waals surface area contributed by atoms with Crippen molar-refractivity contribution in [2.24, 2.45) is 5.92 Å². The lowest BCUT2D eigenvalue weighted by atomic mass is 9.65. The maximum Gasteiger partial charge on any atom is 0.125 e. The molecular weight excluding hydrogens is 294 g/mol. The number of nitrogens with one attached hydrogen (secondary N) is 1. The van der Waals surface area contributed by atoms with Crippen LogP contribution in [-0.2, 0) is 5.41 Å². The van der Waals surface area contributed by atoms with Crippen molar-refractivity contribution in [2.75, 3.05) is 11.9 Å². The summed E-state index contributed by atoms with van der Waals surface area (Å²) in [5, 5.41) is 6.40. The smallest absolute Gasteiger partial charge is 0.125 e. The molecule has 2 atom stereocenters. The fourth-order valence-corrected chi connectivity index (χ4v) is 4.54. The molecule has 2 heteroatoms. The lowest BCUT2D eigenvalue weighted by Crippen LogP contribution is -2.46. The molecule has 2 nitrogen and oxygen atoms in total. The summed E-state index contributed by atoms with van der Waals surface area (Å²) in [7, 11) is 0. The minimum Gasteiger partial charge on any atom is -0.493 e. The average molecular weight is 315 g/mol. The average Bonchev–Trinajstić information content (AvgIpc) is 2.61. The second-order valence-corrected chi connectivity index (χ2v) is 7.51. The van der Waals surface area contributed by atoms with Gasteiger partial charge in [-0.2, -0.15) is 0 Å². The molecule has 120 valence electrons. The first-order chi connectivity index (χ1) is 11.7. The zero-order chi connectivity index (χ0) is 16.3. The van der Waals surface area contributed by atoms with E-state index in [9.17, 15) is 0 Å². The Morgan fingerprint density at radius 3 is 2.67 bits per heavy atom. The van der Waals surface area contributed by atoms with E-state index in [4.69, 9.17) is 4.74 Å². The molecular formula is C22H21NO. The highest BCUT2D eigenvalue weighted by Crippen LogP contribution is 2.53. The summed E-state index contributed by atoms with van der Waals surface area (Å²) in [6.45, 7) is 5.46. The van der Waals surface area contributed by atoms with Crippen LogP contribution < -0.4 is 10.1 Å². The van der Waals surface area contributed by atoms with Crippen molar-refractivity contribution in [3.8, 4) is 5.75 Å². The first-order valence-electron chi connectivity index (χ1n) is 8.67. The van der Waals surface area contributed by atoms with E-state index in [1.54, 1.807) is 0 Å². The number of ether oxygens (including phenoxy) is 1. The number of benzene rings is 3. The molecule has 0 bridgehead atoms. The molecule has 24 heavy (non-hydrogen) atoms. The van der Waals surface area contributed by atoms with Crippen LogP contribution in [0.3, 0.4) is 0 Å². The van der Waals surface area contributed by atoms with Crippen LogP contribution in [0.15, 0.2) is 60.7 Å². The van der Waals surface area contributed by atoms with Gasteiger partial charge in [-0.1, -0.05) is 62.4 Å². The Morgan fingerprint density at radius 1 is 0.958 bits per heavy atom. The number of rotatable bonds is 0. The van der Waals surface area contributed by atoms with Crippen LogP contribution in [0.25, 0.3) is 10.8 Å². The van der Waals surface area contributed by atoms with E-state index in [0.29, 0.717) is 5.92 Å². The van der Waals surface area contributed by atoms with Gasteiger partial charge in [0, 0.05) is 22.6 Å². The van der Waals surface area contributed by atoms with Crippen molar-refractivity contribution in [3.63, 3.8) is 0 Å². The Hall–Kier alpha value is -2.48. The molecule has 0 saturated heterocycles. The van der Waals surface area contributed by atoms with Gasteiger partial charge in [0.2, 0.25) is 0 Å². The quantitative estimate of drug-likeness (QED) is 0.608. The SMILES string of the molecule is CC1(C)c2ccccc2N[C@@H]2c3c(ccc4ccccc34)OC[C@H]21. The van der Waals surface area contributed by atoms with Gasteiger partial charge in [0.25, 0.3) is 0 Å². The molecule has 2 heterocycles. The molecule has 0 aliphatic carbocycles. The summed E-state index contributed by atoms with van der Waals surface area (Å²) in [5.74, 6) is 1.43. The van der Waals surface area contributed by atoms with Crippen molar-refractivity contribution >= 4 is 16.5 Å². The standard InChI is InChI=1S/C22H21NO/c1-22(2)16-9-5-6-10-18(16)23-21-17(22)13-24-19-12-11-14-7-3-4-8-15(14)20(19)21/h3-12,17,21,23H,13H2,1-2H3/t17-,21+/m1/s1. The van der Waals surface area contributed by atoms with Gasteiger partial charge in [-0.05, 0) is 28.5 Å². The monoisotopic (exact) mass is 315 g/mol.